The van der Waals surface area contributed by atoms with Gasteiger partial charge in [0.05, 0.1) is 12.1 Å². The highest BCUT2D eigenvalue weighted by molar-refractivity contribution is 8.00. The van der Waals surface area contributed by atoms with E-state index in [1.54, 1.807) is 0 Å². The van der Waals surface area contributed by atoms with E-state index < -0.39 is 0 Å². The number of fused-ring (bicyclic) bond motifs is 2. The van der Waals surface area contributed by atoms with Crippen LogP contribution in [0.5, 0.6) is 0 Å². The highest BCUT2D eigenvalue weighted by atomic mass is 32.2. The maximum atomic E-state index is 10.0. The van der Waals surface area contributed by atoms with E-state index in [4.69, 9.17) is 4.99 Å². The fraction of sp³-hybridized carbons (Fsp3) is 0.588. The van der Waals surface area contributed by atoms with Gasteiger partial charge in [0.2, 0.25) is 0 Å². The minimum atomic E-state index is -0.156. The van der Waals surface area contributed by atoms with Gasteiger partial charge in [0, 0.05) is 41.9 Å². The van der Waals surface area contributed by atoms with Crippen LogP contribution in [0.15, 0.2) is 34.2 Å². The maximum absolute atomic E-state index is 10.0. The summed E-state index contributed by atoms with van der Waals surface area (Å²) in [5, 5.41) is 13.9. The number of hydrogen-bond donors (Lipinski definition) is 2. The Balaban J connectivity index is 1.73. The molecule has 1 aliphatic carbocycles. The predicted molar refractivity (Wildman–Crippen MR) is 90.7 cm³/mol. The van der Waals surface area contributed by atoms with E-state index in [0.717, 1.165) is 45.4 Å². The van der Waals surface area contributed by atoms with E-state index in [-0.39, 0.29) is 6.10 Å². The quantitative estimate of drug-likeness (QED) is 0.765. The van der Waals surface area contributed by atoms with Crippen molar-refractivity contribution in [3.8, 4) is 0 Å². The van der Waals surface area contributed by atoms with Crippen molar-refractivity contribution < 1.29 is 5.11 Å². The first-order valence-electron chi connectivity index (χ1n) is 8.29. The number of benzene rings is 1. The SMILES string of the molecule is OC1CCC2N=C(N3CCNCC3)c3ccccc3SC2C1. The van der Waals surface area contributed by atoms with Crippen molar-refractivity contribution in [3.05, 3.63) is 29.8 Å². The Morgan fingerprint density at radius 1 is 1.18 bits per heavy atom. The molecule has 118 valence electrons. The van der Waals surface area contributed by atoms with Crippen LogP contribution in [0.4, 0.5) is 0 Å². The Morgan fingerprint density at radius 2 is 2.00 bits per heavy atom. The molecule has 0 radical (unpaired) electrons. The topological polar surface area (TPSA) is 47.9 Å². The third-order valence-corrected chi connectivity index (χ3v) is 6.26. The number of rotatable bonds is 0. The molecule has 0 aromatic heterocycles. The van der Waals surface area contributed by atoms with Crippen LogP contribution in [-0.4, -0.2) is 59.4 Å². The van der Waals surface area contributed by atoms with Crippen LogP contribution in [0.1, 0.15) is 24.8 Å². The van der Waals surface area contributed by atoms with E-state index in [1.807, 2.05) is 11.8 Å². The molecule has 1 saturated heterocycles. The highest BCUT2D eigenvalue weighted by Gasteiger charge is 2.34. The number of aliphatic imine (C=N–C) groups is 1. The monoisotopic (exact) mass is 317 g/mol. The van der Waals surface area contributed by atoms with E-state index in [0.29, 0.717) is 11.3 Å². The summed E-state index contributed by atoms with van der Waals surface area (Å²) in [6, 6.07) is 8.98. The summed E-state index contributed by atoms with van der Waals surface area (Å²) in [7, 11) is 0. The Kier molecular flexibility index (Phi) is 4.11. The minimum Gasteiger partial charge on any atom is -0.393 e. The first-order valence-corrected chi connectivity index (χ1v) is 9.17. The summed E-state index contributed by atoms with van der Waals surface area (Å²) in [4.78, 5) is 8.93. The Hall–Kier alpha value is -1.04. The first-order chi connectivity index (χ1) is 10.8. The van der Waals surface area contributed by atoms with Crippen LogP contribution >= 0.6 is 11.8 Å². The second-order valence-corrected chi connectivity index (χ2v) is 7.66. The second-order valence-electron chi connectivity index (χ2n) is 6.38. The summed E-state index contributed by atoms with van der Waals surface area (Å²) < 4.78 is 0. The number of hydrogen-bond acceptors (Lipinski definition) is 5. The largest absolute Gasteiger partial charge is 0.393 e. The molecule has 3 atom stereocenters. The molecular formula is C17H23N3OS. The molecule has 0 bridgehead atoms. The normalized spacial score (nSPS) is 31.8. The van der Waals surface area contributed by atoms with Crippen LogP contribution in [0.2, 0.25) is 0 Å². The van der Waals surface area contributed by atoms with Crippen molar-refractivity contribution in [1.82, 2.24) is 10.2 Å². The standard InChI is InChI=1S/C17H23N3OS/c21-12-5-6-14-16(11-12)22-15-4-2-1-3-13(15)17(19-14)20-9-7-18-8-10-20/h1-4,12,14,16,18,21H,5-11H2. The Labute approximate surface area is 136 Å². The predicted octanol–water partition coefficient (Wildman–Crippen LogP) is 1.73. The van der Waals surface area contributed by atoms with Crippen molar-refractivity contribution in [3.63, 3.8) is 0 Å². The molecule has 0 spiro atoms. The van der Waals surface area contributed by atoms with Gasteiger partial charge in [0.1, 0.15) is 5.84 Å². The van der Waals surface area contributed by atoms with Gasteiger partial charge < -0.3 is 15.3 Å². The van der Waals surface area contributed by atoms with E-state index in [1.165, 1.54) is 16.3 Å². The van der Waals surface area contributed by atoms with E-state index in [2.05, 4.69) is 34.5 Å². The fourth-order valence-corrected chi connectivity index (χ4v) is 5.08. The maximum Gasteiger partial charge on any atom is 0.132 e. The molecule has 2 heterocycles. The third-order valence-electron chi connectivity index (χ3n) is 4.84. The molecule has 2 fully saturated rings. The molecule has 1 saturated carbocycles. The molecule has 1 aromatic carbocycles. The first kappa shape index (κ1) is 14.5. The number of aliphatic hydroxyl groups excluding tert-OH is 1. The summed E-state index contributed by atoms with van der Waals surface area (Å²) in [5.41, 5.74) is 1.28. The van der Waals surface area contributed by atoms with Crippen molar-refractivity contribution in [2.45, 2.75) is 41.6 Å². The molecule has 4 nitrogen and oxygen atoms in total. The summed E-state index contributed by atoms with van der Waals surface area (Å²) in [6.45, 7) is 4.11. The smallest absolute Gasteiger partial charge is 0.132 e. The van der Waals surface area contributed by atoms with Crippen molar-refractivity contribution in [2.24, 2.45) is 4.99 Å². The molecule has 22 heavy (non-hydrogen) atoms. The van der Waals surface area contributed by atoms with Crippen LogP contribution in [0, 0.1) is 0 Å². The number of aliphatic hydroxyl groups is 1. The van der Waals surface area contributed by atoms with Gasteiger partial charge in [-0.25, -0.2) is 0 Å². The highest BCUT2D eigenvalue weighted by Crippen LogP contribution is 2.40. The van der Waals surface area contributed by atoms with Crippen LogP contribution in [0.3, 0.4) is 0 Å². The molecule has 0 amide bonds. The third kappa shape index (κ3) is 2.77. The van der Waals surface area contributed by atoms with Crippen molar-refractivity contribution in [2.75, 3.05) is 26.2 Å². The summed E-state index contributed by atoms with van der Waals surface area (Å²) >= 11 is 1.92. The lowest BCUT2D eigenvalue weighted by molar-refractivity contribution is 0.126. The molecule has 2 aliphatic heterocycles. The second kappa shape index (κ2) is 6.22. The van der Waals surface area contributed by atoms with Crippen LogP contribution < -0.4 is 5.32 Å². The molecule has 1 aromatic rings. The number of amidine groups is 1. The zero-order valence-electron chi connectivity index (χ0n) is 12.7. The Bertz CT molecular complexity index is 571. The lowest BCUT2D eigenvalue weighted by Crippen LogP contribution is -2.47. The van der Waals surface area contributed by atoms with Gasteiger partial charge in [-0.1, -0.05) is 18.2 Å². The molecule has 3 aliphatic rings. The fourth-order valence-electron chi connectivity index (χ4n) is 3.64. The number of thioether (sulfide) groups is 1. The minimum absolute atomic E-state index is 0.156. The number of nitrogens with one attached hydrogen (secondary N) is 1. The zero-order chi connectivity index (χ0) is 14.9. The average Bonchev–Trinajstić information content (AvgIpc) is 2.72. The van der Waals surface area contributed by atoms with Gasteiger partial charge >= 0.3 is 0 Å². The van der Waals surface area contributed by atoms with Crippen LogP contribution in [0.25, 0.3) is 0 Å². The van der Waals surface area contributed by atoms with Gasteiger partial charge in [-0.05, 0) is 25.3 Å². The summed E-state index contributed by atoms with van der Waals surface area (Å²) in [5.74, 6) is 1.17. The molecule has 2 N–H and O–H groups in total. The van der Waals surface area contributed by atoms with Gasteiger partial charge in [0.25, 0.3) is 0 Å². The van der Waals surface area contributed by atoms with E-state index in [9.17, 15) is 5.11 Å². The molecular weight excluding hydrogens is 294 g/mol. The lowest BCUT2D eigenvalue weighted by atomic mass is 9.93. The molecule has 3 unspecified atom stereocenters. The average molecular weight is 317 g/mol. The van der Waals surface area contributed by atoms with Crippen molar-refractivity contribution >= 4 is 17.6 Å². The van der Waals surface area contributed by atoms with Gasteiger partial charge in [0.15, 0.2) is 0 Å². The lowest BCUT2D eigenvalue weighted by Gasteiger charge is -2.32. The summed E-state index contributed by atoms with van der Waals surface area (Å²) in [6.07, 6.45) is 2.60. The van der Waals surface area contributed by atoms with Crippen molar-refractivity contribution in [1.29, 1.82) is 0 Å². The van der Waals surface area contributed by atoms with Gasteiger partial charge in [-0.2, -0.15) is 0 Å². The molecule has 4 rings (SSSR count). The molecule has 5 heteroatoms. The van der Waals surface area contributed by atoms with E-state index >= 15 is 0 Å². The van der Waals surface area contributed by atoms with Gasteiger partial charge in [-0.15, -0.1) is 11.8 Å². The van der Waals surface area contributed by atoms with Crippen LogP contribution in [-0.2, 0) is 0 Å². The van der Waals surface area contributed by atoms with Gasteiger partial charge in [-0.3, -0.25) is 4.99 Å². The number of piperazine rings is 1. The Morgan fingerprint density at radius 3 is 2.86 bits per heavy atom. The number of nitrogens with zero attached hydrogens (tertiary/aromatic N) is 2. The zero-order valence-corrected chi connectivity index (χ0v) is 13.6.